The molecular weight excluding hydrogens is 220 g/mol. The number of anilines is 1. The number of hydrogen-bond acceptors (Lipinski definition) is 4. The Morgan fingerprint density at radius 1 is 1.35 bits per heavy atom. The average Bonchev–Trinajstić information content (AvgIpc) is 2.73. The number of fused-ring (bicyclic) bond motifs is 1. The highest BCUT2D eigenvalue weighted by molar-refractivity contribution is 5.92. The molecule has 0 spiro atoms. The minimum atomic E-state index is -0.0717. The zero-order valence-corrected chi connectivity index (χ0v) is 9.95. The second-order valence-corrected chi connectivity index (χ2v) is 4.15. The Kier molecular flexibility index (Phi) is 3.49. The molecule has 0 fully saturated rings. The molecule has 0 saturated carbocycles. The summed E-state index contributed by atoms with van der Waals surface area (Å²) in [6.07, 6.45) is 0. The van der Waals surface area contributed by atoms with Crippen molar-refractivity contribution in [2.75, 3.05) is 18.7 Å². The van der Waals surface area contributed by atoms with E-state index in [1.165, 1.54) is 0 Å². The van der Waals surface area contributed by atoms with Crippen molar-refractivity contribution in [3.8, 4) is 11.5 Å². The van der Waals surface area contributed by atoms with Crippen LogP contribution in [0.1, 0.15) is 13.8 Å². The molecule has 92 valence electrons. The van der Waals surface area contributed by atoms with Gasteiger partial charge in [0.15, 0.2) is 11.5 Å². The summed E-state index contributed by atoms with van der Waals surface area (Å²) in [4.78, 5) is 11.6. The molecule has 1 aliphatic rings. The van der Waals surface area contributed by atoms with E-state index >= 15 is 0 Å². The number of nitrogens with one attached hydrogen (secondary N) is 2. The first-order chi connectivity index (χ1) is 8.15. The van der Waals surface area contributed by atoms with Gasteiger partial charge in [0.2, 0.25) is 12.7 Å². The summed E-state index contributed by atoms with van der Waals surface area (Å²) in [5.74, 6) is 1.31. The van der Waals surface area contributed by atoms with E-state index in [0.29, 0.717) is 23.7 Å². The van der Waals surface area contributed by atoms with Crippen molar-refractivity contribution >= 4 is 11.6 Å². The molecule has 1 aromatic rings. The molecule has 1 heterocycles. The van der Waals surface area contributed by atoms with E-state index in [1.54, 1.807) is 18.2 Å². The molecule has 0 bridgehead atoms. The van der Waals surface area contributed by atoms with Crippen LogP contribution < -0.4 is 20.1 Å². The van der Waals surface area contributed by atoms with Crippen molar-refractivity contribution in [1.82, 2.24) is 5.32 Å². The minimum absolute atomic E-state index is 0.0717. The average molecular weight is 236 g/mol. The van der Waals surface area contributed by atoms with Gasteiger partial charge in [0, 0.05) is 17.8 Å². The Bertz CT molecular complexity index is 418. The van der Waals surface area contributed by atoms with Crippen LogP contribution in [0.3, 0.4) is 0 Å². The highest BCUT2D eigenvalue weighted by atomic mass is 16.7. The molecule has 2 rings (SSSR count). The number of rotatable bonds is 4. The summed E-state index contributed by atoms with van der Waals surface area (Å²) < 4.78 is 10.4. The van der Waals surface area contributed by atoms with Gasteiger partial charge in [-0.15, -0.1) is 0 Å². The van der Waals surface area contributed by atoms with Crippen LogP contribution in [0, 0.1) is 0 Å². The number of ether oxygens (including phenoxy) is 2. The van der Waals surface area contributed by atoms with E-state index < -0.39 is 0 Å². The number of benzene rings is 1. The van der Waals surface area contributed by atoms with Crippen molar-refractivity contribution in [1.29, 1.82) is 0 Å². The van der Waals surface area contributed by atoms with Gasteiger partial charge < -0.3 is 20.1 Å². The Balaban J connectivity index is 1.92. The number of amides is 1. The van der Waals surface area contributed by atoms with Crippen LogP contribution in [0.5, 0.6) is 11.5 Å². The standard InChI is InChI=1S/C12H16N2O3/c1-8(2)13-6-12(15)14-9-3-4-10-11(5-9)17-7-16-10/h3-5,8,13H,6-7H2,1-2H3,(H,14,15). The van der Waals surface area contributed by atoms with Gasteiger partial charge in [-0.3, -0.25) is 4.79 Å². The molecule has 0 saturated heterocycles. The van der Waals surface area contributed by atoms with E-state index in [2.05, 4.69) is 10.6 Å². The third-order valence-corrected chi connectivity index (χ3v) is 2.33. The van der Waals surface area contributed by atoms with Gasteiger partial charge in [0.25, 0.3) is 0 Å². The Labute approximate surface area is 100 Å². The summed E-state index contributed by atoms with van der Waals surface area (Å²) in [6.45, 7) is 4.52. The van der Waals surface area contributed by atoms with E-state index in [9.17, 15) is 4.79 Å². The van der Waals surface area contributed by atoms with Gasteiger partial charge in [0.05, 0.1) is 6.54 Å². The molecule has 0 atom stereocenters. The topological polar surface area (TPSA) is 59.6 Å². The van der Waals surface area contributed by atoms with Gasteiger partial charge >= 0.3 is 0 Å². The lowest BCUT2D eigenvalue weighted by Gasteiger charge is -2.09. The third-order valence-electron chi connectivity index (χ3n) is 2.33. The predicted octanol–water partition coefficient (Wildman–Crippen LogP) is 1.35. The maximum absolute atomic E-state index is 11.6. The maximum Gasteiger partial charge on any atom is 0.238 e. The molecule has 0 unspecified atom stereocenters. The highest BCUT2D eigenvalue weighted by Crippen LogP contribution is 2.34. The van der Waals surface area contributed by atoms with Crippen LogP contribution in [0.15, 0.2) is 18.2 Å². The predicted molar refractivity (Wildman–Crippen MR) is 64.3 cm³/mol. The van der Waals surface area contributed by atoms with Gasteiger partial charge in [-0.2, -0.15) is 0 Å². The van der Waals surface area contributed by atoms with Crippen LogP contribution in [0.2, 0.25) is 0 Å². The van der Waals surface area contributed by atoms with Crippen molar-refractivity contribution in [2.24, 2.45) is 0 Å². The van der Waals surface area contributed by atoms with Crippen molar-refractivity contribution in [3.63, 3.8) is 0 Å². The Morgan fingerprint density at radius 2 is 2.12 bits per heavy atom. The molecule has 0 aromatic heterocycles. The van der Waals surface area contributed by atoms with Gasteiger partial charge in [-0.1, -0.05) is 13.8 Å². The lowest BCUT2D eigenvalue weighted by Crippen LogP contribution is -2.32. The van der Waals surface area contributed by atoms with Crippen molar-refractivity contribution < 1.29 is 14.3 Å². The SMILES string of the molecule is CC(C)NCC(=O)Nc1ccc2c(c1)OCO2. The summed E-state index contributed by atoms with van der Waals surface area (Å²) in [7, 11) is 0. The first-order valence-electron chi connectivity index (χ1n) is 5.58. The van der Waals surface area contributed by atoms with Gasteiger partial charge in [-0.05, 0) is 12.1 Å². The molecule has 1 amide bonds. The summed E-state index contributed by atoms with van der Waals surface area (Å²) in [6, 6.07) is 5.63. The fourth-order valence-electron chi connectivity index (χ4n) is 1.48. The fourth-order valence-corrected chi connectivity index (χ4v) is 1.48. The number of carbonyl (C=O) groups is 1. The quantitative estimate of drug-likeness (QED) is 0.828. The first-order valence-corrected chi connectivity index (χ1v) is 5.58. The molecule has 5 heteroatoms. The number of hydrogen-bond donors (Lipinski definition) is 2. The molecule has 0 radical (unpaired) electrons. The van der Waals surface area contributed by atoms with Crippen molar-refractivity contribution in [2.45, 2.75) is 19.9 Å². The van der Waals surface area contributed by atoms with Crippen LogP contribution in [-0.4, -0.2) is 25.3 Å². The normalized spacial score (nSPS) is 12.9. The fraction of sp³-hybridized carbons (Fsp3) is 0.417. The van der Waals surface area contributed by atoms with Crippen LogP contribution >= 0.6 is 0 Å². The molecule has 5 nitrogen and oxygen atoms in total. The largest absolute Gasteiger partial charge is 0.454 e. The van der Waals surface area contributed by atoms with Gasteiger partial charge in [-0.25, -0.2) is 0 Å². The second kappa shape index (κ2) is 5.05. The molecule has 2 N–H and O–H groups in total. The van der Waals surface area contributed by atoms with E-state index in [0.717, 1.165) is 0 Å². The summed E-state index contributed by atoms with van der Waals surface area (Å²) in [5, 5.41) is 5.84. The zero-order valence-electron chi connectivity index (χ0n) is 9.95. The van der Waals surface area contributed by atoms with Crippen LogP contribution in [0.4, 0.5) is 5.69 Å². The first kappa shape index (κ1) is 11.7. The van der Waals surface area contributed by atoms with Crippen LogP contribution in [0.25, 0.3) is 0 Å². The zero-order chi connectivity index (χ0) is 12.3. The maximum atomic E-state index is 11.6. The van der Waals surface area contributed by atoms with E-state index in [-0.39, 0.29) is 18.7 Å². The second-order valence-electron chi connectivity index (χ2n) is 4.15. The lowest BCUT2D eigenvalue weighted by atomic mass is 10.2. The Hall–Kier alpha value is -1.75. The third kappa shape index (κ3) is 3.10. The minimum Gasteiger partial charge on any atom is -0.454 e. The molecule has 1 aliphatic heterocycles. The summed E-state index contributed by atoms with van der Waals surface area (Å²) in [5.41, 5.74) is 0.713. The van der Waals surface area contributed by atoms with Gasteiger partial charge in [0.1, 0.15) is 0 Å². The lowest BCUT2D eigenvalue weighted by molar-refractivity contribution is -0.115. The number of carbonyl (C=O) groups excluding carboxylic acids is 1. The van der Waals surface area contributed by atoms with E-state index in [1.807, 2.05) is 13.8 Å². The van der Waals surface area contributed by atoms with E-state index in [4.69, 9.17) is 9.47 Å². The molecule has 17 heavy (non-hydrogen) atoms. The molecular formula is C12H16N2O3. The molecule has 1 aromatic carbocycles. The monoisotopic (exact) mass is 236 g/mol. The van der Waals surface area contributed by atoms with Crippen LogP contribution in [-0.2, 0) is 4.79 Å². The smallest absolute Gasteiger partial charge is 0.238 e. The highest BCUT2D eigenvalue weighted by Gasteiger charge is 2.13. The molecule has 0 aliphatic carbocycles. The Morgan fingerprint density at radius 3 is 2.88 bits per heavy atom. The summed E-state index contributed by atoms with van der Waals surface area (Å²) >= 11 is 0. The van der Waals surface area contributed by atoms with Crippen molar-refractivity contribution in [3.05, 3.63) is 18.2 Å².